The third-order valence-electron chi connectivity index (χ3n) is 4.55. The van der Waals surface area contributed by atoms with Gasteiger partial charge in [-0.1, -0.05) is 19.1 Å². The molecule has 29 heavy (non-hydrogen) atoms. The highest BCUT2D eigenvalue weighted by Gasteiger charge is 2.22. The molecule has 0 aliphatic rings. The first-order chi connectivity index (χ1) is 14.0. The second-order valence-electron chi connectivity index (χ2n) is 6.49. The number of nitrogens with one attached hydrogen (secondary N) is 2. The van der Waals surface area contributed by atoms with Crippen LogP contribution in [0.3, 0.4) is 0 Å². The smallest absolute Gasteiger partial charge is 0.341 e. The first-order valence-electron chi connectivity index (χ1n) is 9.28. The van der Waals surface area contributed by atoms with Gasteiger partial charge in [0.1, 0.15) is 5.00 Å². The van der Waals surface area contributed by atoms with Crippen molar-refractivity contribution in [1.82, 2.24) is 4.98 Å². The Morgan fingerprint density at radius 3 is 2.38 bits per heavy atom. The molecule has 0 spiro atoms. The maximum atomic E-state index is 12.2. The lowest BCUT2D eigenvalue weighted by Crippen LogP contribution is -2.20. The summed E-state index contributed by atoms with van der Waals surface area (Å²) in [5.74, 6) is -0.350. The molecule has 0 fully saturated rings. The Morgan fingerprint density at radius 2 is 1.76 bits per heavy atom. The Labute approximate surface area is 180 Å². The summed E-state index contributed by atoms with van der Waals surface area (Å²) in [6, 6.07) is 12.1. The number of thiophene rings is 1. The molecule has 2 aromatic heterocycles. The van der Waals surface area contributed by atoms with Crippen molar-refractivity contribution in [2.24, 2.45) is 0 Å². The first-order valence-corrected chi connectivity index (χ1v) is 10.5. The zero-order valence-corrected chi connectivity index (χ0v) is 18.2. The van der Waals surface area contributed by atoms with Gasteiger partial charge in [0.2, 0.25) is 0 Å². The summed E-state index contributed by atoms with van der Waals surface area (Å²) in [6.45, 7) is 4.02. The molecule has 0 aliphatic heterocycles. The maximum Gasteiger partial charge on any atom is 0.341 e. The number of ether oxygens (including phenoxy) is 1. The van der Waals surface area contributed by atoms with Crippen LogP contribution in [0.2, 0.25) is 0 Å². The Morgan fingerprint density at radius 1 is 1.10 bits per heavy atom. The van der Waals surface area contributed by atoms with Gasteiger partial charge in [-0.05, 0) is 72.9 Å². The molecule has 5 nitrogen and oxygen atoms in total. The monoisotopic (exact) mass is 425 g/mol. The van der Waals surface area contributed by atoms with Crippen molar-refractivity contribution in [3.05, 3.63) is 75.9 Å². The number of hydrogen-bond acceptors (Lipinski definition) is 5. The van der Waals surface area contributed by atoms with Gasteiger partial charge in [0.05, 0.1) is 12.7 Å². The van der Waals surface area contributed by atoms with Gasteiger partial charge in [-0.25, -0.2) is 4.79 Å². The first kappa shape index (κ1) is 21.0. The molecule has 1 aromatic carbocycles. The summed E-state index contributed by atoms with van der Waals surface area (Å²) in [5, 5.41) is 7.47. The number of pyridine rings is 1. The molecule has 0 bridgehead atoms. The molecule has 0 unspecified atom stereocenters. The van der Waals surface area contributed by atoms with Crippen molar-refractivity contribution in [3.63, 3.8) is 0 Å². The van der Waals surface area contributed by atoms with Crippen LogP contribution in [0.1, 0.15) is 38.8 Å². The fourth-order valence-electron chi connectivity index (χ4n) is 3.12. The number of rotatable bonds is 6. The number of carbonyl (C=O) groups excluding carboxylic acids is 1. The number of esters is 1. The molecule has 0 saturated heterocycles. The molecule has 0 amide bonds. The van der Waals surface area contributed by atoms with E-state index in [1.54, 1.807) is 12.4 Å². The molecule has 3 rings (SSSR count). The van der Waals surface area contributed by atoms with Crippen molar-refractivity contribution in [1.29, 1.82) is 0 Å². The molecular formula is C22H23N3O2S2. The van der Waals surface area contributed by atoms with Gasteiger partial charge in [-0.2, -0.15) is 0 Å². The number of aromatic nitrogens is 1. The van der Waals surface area contributed by atoms with Crippen LogP contribution >= 0.6 is 23.6 Å². The topological polar surface area (TPSA) is 63.2 Å². The predicted molar refractivity (Wildman–Crippen MR) is 123 cm³/mol. The van der Waals surface area contributed by atoms with Crippen LogP contribution in [-0.4, -0.2) is 23.2 Å². The molecule has 0 saturated carbocycles. The normalized spacial score (nSPS) is 10.4. The van der Waals surface area contributed by atoms with Gasteiger partial charge >= 0.3 is 5.97 Å². The second-order valence-corrected chi connectivity index (χ2v) is 8.13. The summed E-state index contributed by atoms with van der Waals surface area (Å²) < 4.78 is 4.95. The second kappa shape index (κ2) is 9.62. The lowest BCUT2D eigenvalue weighted by molar-refractivity contribution is 0.0601. The van der Waals surface area contributed by atoms with Crippen LogP contribution in [0.5, 0.6) is 0 Å². The number of thiocarbonyl (C=S) groups is 1. The van der Waals surface area contributed by atoms with E-state index >= 15 is 0 Å². The maximum absolute atomic E-state index is 12.2. The minimum atomic E-state index is -0.350. The molecule has 3 aromatic rings. The molecular weight excluding hydrogens is 402 g/mol. The zero-order valence-electron chi connectivity index (χ0n) is 16.6. The van der Waals surface area contributed by atoms with E-state index in [-0.39, 0.29) is 5.97 Å². The van der Waals surface area contributed by atoms with Crippen LogP contribution in [0.15, 0.2) is 48.8 Å². The Hall–Kier alpha value is -2.77. The van der Waals surface area contributed by atoms with Gasteiger partial charge in [0, 0.05) is 23.0 Å². The Kier molecular flexibility index (Phi) is 6.95. The summed E-state index contributed by atoms with van der Waals surface area (Å²) in [7, 11) is 1.39. The van der Waals surface area contributed by atoms with Gasteiger partial charge in [-0.3, -0.25) is 4.98 Å². The van der Waals surface area contributed by atoms with Gasteiger partial charge in [0.15, 0.2) is 5.11 Å². The highest BCUT2D eigenvalue weighted by molar-refractivity contribution is 7.80. The number of aryl methyl sites for hydroxylation is 1. The van der Waals surface area contributed by atoms with Crippen LogP contribution in [0.4, 0.5) is 10.7 Å². The number of carbonyl (C=O) groups is 1. The summed E-state index contributed by atoms with van der Waals surface area (Å²) in [4.78, 5) is 17.4. The van der Waals surface area contributed by atoms with Crippen molar-refractivity contribution in [3.8, 4) is 0 Å². The molecule has 2 N–H and O–H groups in total. The van der Waals surface area contributed by atoms with E-state index in [1.165, 1.54) is 29.6 Å². The van der Waals surface area contributed by atoms with Crippen molar-refractivity contribution in [2.75, 3.05) is 17.7 Å². The number of benzene rings is 1. The zero-order chi connectivity index (χ0) is 20.8. The number of hydrogen-bond donors (Lipinski definition) is 2. The molecule has 0 radical (unpaired) electrons. The number of methoxy groups -OCH3 is 1. The third kappa shape index (κ3) is 5.19. The molecule has 150 valence electrons. The van der Waals surface area contributed by atoms with E-state index in [9.17, 15) is 4.79 Å². The van der Waals surface area contributed by atoms with Crippen LogP contribution < -0.4 is 10.6 Å². The summed E-state index contributed by atoms with van der Waals surface area (Å²) >= 11 is 6.96. The van der Waals surface area contributed by atoms with Gasteiger partial charge in [0.25, 0.3) is 0 Å². The minimum Gasteiger partial charge on any atom is -0.465 e. The fourth-order valence-corrected chi connectivity index (χ4v) is 4.54. The number of anilines is 2. The lowest BCUT2D eigenvalue weighted by atomic mass is 10.1. The largest absolute Gasteiger partial charge is 0.465 e. The highest BCUT2D eigenvalue weighted by Crippen LogP contribution is 2.34. The quantitative estimate of drug-likeness (QED) is 0.418. The van der Waals surface area contributed by atoms with E-state index < -0.39 is 0 Å². The van der Waals surface area contributed by atoms with Gasteiger partial charge < -0.3 is 15.4 Å². The van der Waals surface area contributed by atoms with Crippen LogP contribution in [0, 0.1) is 6.92 Å². The fraction of sp³-hybridized carbons (Fsp3) is 0.227. The molecule has 7 heteroatoms. The van der Waals surface area contributed by atoms with E-state index in [0.29, 0.717) is 15.7 Å². The summed E-state index contributed by atoms with van der Waals surface area (Å²) in [5.41, 5.74) is 4.86. The van der Waals surface area contributed by atoms with Crippen LogP contribution in [0.25, 0.3) is 0 Å². The minimum absolute atomic E-state index is 0.350. The van der Waals surface area contributed by atoms with E-state index in [0.717, 1.165) is 29.0 Å². The van der Waals surface area contributed by atoms with Crippen molar-refractivity contribution >= 4 is 45.3 Å². The SMILES string of the molecule is CCc1c(C)sc(NC(=S)Nc2ccc(Cc3ccncc3)cc2)c1C(=O)OC. The predicted octanol–water partition coefficient (Wildman–Crippen LogP) is 5.20. The van der Waals surface area contributed by atoms with Crippen molar-refractivity contribution < 1.29 is 9.53 Å². The van der Waals surface area contributed by atoms with E-state index in [1.807, 2.05) is 38.1 Å². The molecule has 0 aliphatic carbocycles. The van der Waals surface area contributed by atoms with E-state index in [2.05, 4.69) is 27.8 Å². The standard InChI is InChI=1S/C22H23N3O2S2/c1-4-18-14(2)29-20(19(18)21(26)27-3)25-22(28)24-17-7-5-15(6-8-17)13-16-9-11-23-12-10-16/h5-12H,4,13H2,1-3H3,(H2,24,25,28). The molecule has 0 atom stereocenters. The Balaban J connectivity index is 1.67. The van der Waals surface area contributed by atoms with Crippen molar-refractivity contribution in [2.45, 2.75) is 26.7 Å². The average molecular weight is 426 g/mol. The Bertz CT molecular complexity index is 999. The third-order valence-corrected chi connectivity index (χ3v) is 5.82. The van der Waals surface area contributed by atoms with Gasteiger partial charge in [-0.15, -0.1) is 11.3 Å². The lowest BCUT2D eigenvalue weighted by Gasteiger charge is -2.11. The number of nitrogens with zero attached hydrogens (tertiary/aromatic N) is 1. The highest BCUT2D eigenvalue weighted by atomic mass is 32.1. The average Bonchev–Trinajstić information content (AvgIpc) is 3.04. The van der Waals surface area contributed by atoms with E-state index in [4.69, 9.17) is 17.0 Å². The van der Waals surface area contributed by atoms with Crippen LogP contribution in [-0.2, 0) is 17.6 Å². The summed E-state index contributed by atoms with van der Waals surface area (Å²) in [6.07, 6.45) is 5.21. The molecule has 2 heterocycles.